The van der Waals surface area contributed by atoms with Crippen LogP contribution in [0.15, 0.2) is 76.8 Å². The minimum atomic E-state index is -0.300. The summed E-state index contributed by atoms with van der Waals surface area (Å²) >= 11 is 2.81. The van der Waals surface area contributed by atoms with Crippen LogP contribution in [-0.2, 0) is 6.54 Å². The number of amides is 2. The SMILES string of the molecule is O=C(Nc1ccsc1C(=O)NCc1ccc(-c2nc3ccccc3s2)o1)c1ccncc1. The number of aromatic nitrogens is 2. The number of rotatable bonds is 6. The van der Waals surface area contributed by atoms with Crippen molar-refractivity contribution in [3.8, 4) is 10.8 Å². The first-order chi connectivity index (χ1) is 15.7. The third-order valence-electron chi connectivity index (χ3n) is 4.65. The van der Waals surface area contributed by atoms with E-state index in [0.29, 0.717) is 27.6 Å². The minimum Gasteiger partial charge on any atom is -0.457 e. The van der Waals surface area contributed by atoms with Gasteiger partial charge in [-0.05, 0) is 47.8 Å². The number of benzene rings is 1. The number of carbonyl (C=O) groups excluding carboxylic acids is 2. The molecule has 5 aromatic rings. The summed E-state index contributed by atoms with van der Waals surface area (Å²) in [6, 6.07) is 16.5. The van der Waals surface area contributed by atoms with Gasteiger partial charge in [0.05, 0.1) is 22.4 Å². The zero-order chi connectivity index (χ0) is 21.9. The van der Waals surface area contributed by atoms with Crippen LogP contribution >= 0.6 is 22.7 Å². The lowest BCUT2D eigenvalue weighted by molar-refractivity contribution is 0.0953. The van der Waals surface area contributed by atoms with Crippen molar-refractivity contribution in [2.45, 2.75) is 6.54 Å². The normalized spacial score (nSPS) is 10.9. The van der Waals surface area contributed by atoms with Crippen molar-refractivity contribution in [1.29, 1.82) is 0 Å². The van der Waals surface area contributed by atoms with E-state index >= 15 is 0 Å². The van der Waals surface area contributed by atoms with E-state index in [9.17, 15) is 9.59 Å². The first kappa shape index (κ1) is 20.1. The number of carbonyl (C=O) groups is 2. The number of nitrogens with one attached hydrogen (secondary N) is 2. The Bertz CT molecular complexity index is 1370. The molecule has 7 nitrogen and oxygen atoms in total. The molecule has 1 aromatic carbocycles. The van der Waals surface area contributed by atoms with Crippen LogP contribution in [0.3, 0.4) is 0 Å². The van der Waals surface area contributed by atoms with Crippen LogP contribution in [-0.4, -0.2) is 21.8 Å². The maximum absolute atomic E-state index is 12.7. The van der Waals surface area contributed by atoms with Gasteiger partial charge in [-0.3, -0.25) is 14.6 Å². The molecule has 0 fully saturated rings. The Kier molecular flexibility index (Phi) is 5.49. The molecule has 0 saturated carbocycles. The highest BCUT2D eigenvalue weighted by Gasteiger charge is 2.17. The van der Waals surface area contributed by atoms with Gasteiger partial charge in [-0.15, -0.1) is 22.7 Å². The lowest BCUT2D eigenvalue weighted by Crippen LogP contribution is -2.23. The Morgan fingerprint density at radius 1 is 0.969 bits per heavy atom. The number of pyridine rings is 1. The van der Waals surface area contributed by atoms with E-state index in [2.05, 4.69) is 20.6 Å². The molecule has 0 unspecified atom stereocenters. The van der Waals surface area contributed by atoms with Crippen molar-refractivity contribution < 1.29 is 14.0 Å². The average Bonchev–Trinajstić information content (AvgIpc) is 3.57. The largest absolute Gasteiger partial charge is 0.457 e. The Labute approximate surface area is 190 Å². The second kappa shape index (κ2) is 8.74. The van der Waals surface area contributed by atoms with E-state index < -0.39 is 0 Å². The molecule has 0 aliphatic heterocycles. The van der Waals surface area contributed by atoms with Gasteiger partial charge in [-0.2, -0.15) is 0 Å². The van der Waals surface area contributed by atoms with Crippen LogP contribution in [0.5, 0.6) is 0 Å². The highest BCUT2D eigenvalue weighted by Crippen LogP contribution is 2.31. The third-order valence-corrected chi connectivity index (χ3v) is 6.62. The Hall–Kier alpha value is -3.82. The summed E-state index contributed by atoms with van der Waals surface area (Å²) in [6.07, 6.45) is 3.09. The molecule has 5 rings (SSSR count). The van der Waals surface area contributed by atoms with Gasteiger partial charge < -0.3 is 15.1 Å². The minimum absolute atomic E-state index is 0.222. The molecule has 4 aromatic heterocycles. The fourth-order valence-electron chi connectivity index (χ4n) is 3.09. The number of nitrogens with zero attached hydrogens (tertiary/aromatic N) is 2. The van der Waals surface area contributed by atoms with Gasteiger partial charge in [0.1, 0.15) is 10.6 Å². The fourth-order valence-corrected chi connectivity index (χ4v) is 4.79. The van der Waals surface area contributed by atoms with E-state index in [0.717, 1.165) is 15.2 Å². The van der Waals surface area contributed by atoms with Crippen LogP contribution in [0, 0.1) is 0 Å². The number of furan rings is 1. The molecule has 0 radical (unpaired) electrons. The maximum atomic E-state index is 12.7. The van der Waals surface area contributed by atoms with Crippen molar-refractivity contribution in [3.63, 3.8) is 0 Å². The molecule has 0 spiro atoms. The van der Waals surface area contributed by atoms with Gasteiger partial charge in [-0.25, -0.2) is 4.98 Å². The summed E-state index contributed by atoms with van der Waals surface area (Å²) in [5.74, 6) is 0.692. The first-order valence-electron chi connectivity index (χ1n) is 9.69. The molecule has 2 N–H and O–H groups in total. The molecule has 4 heterocycles. The van der Waals surface area contributed by atoms with Crippen molar-refractivity contribution in [2.24, 2.45) is 0 Å². The molecule has 0 aliphatic carbocycles. The van der Waals surface area contributed by atoms with Gasteiger partial charge in [0.2, 0.25) is 0 Å². The van der Waals surface area contributed by atoms with E-state index in [4.69, 9.17) is 4.42 Å². The lowest BCUT2D eigenvalue weighted by Gasteiger charge is -2.07. The number of hydrogen-bond acceptors (Lipinski definition) is 7. The number of anilines is 1. The van der Waals surface area contributed by atoms with Crippen LogP contribution in [0.1, 0.15) is 25.8 Å². The number of thiazole rings is 1. The van der Waals surface area contributed by atoms with Crippen LogP contribution in [0.25, 0.3) is 21.0 Å². The number of hydrogen-bond donors (Lipinski definition) is 2. The fraction of sp³-hybridized carbons (Fsp3) is 0.0435. The van der Waals surface area contributed by atoms with Crippen molar-refractivity contribution >= 4 is 50.4 Å². The van der Waals surface area contributed by atoms with Crippen molar-refractivity contribution in [1.82, 2.24) is 15.3 Å². The van der Waals surface area contributed by atoms with Gasteiger partial charge in [0.25, 0.3) is 11.8 Å². The van der Waals surface area contributed by atoms with Gasteiger partial charge in [-0.1, -0.05) is 12.1 Å². The Morgan fingerprint density at radius 2 is 1.81 bits per heavy atom. The second-order valence-electron chi connectivity index (χ2n) is 6.79. The highest BCUT2D eigenvalue weighted by atomic mass is 32.1. The molecule has 2 amide bonds. The van der Waals surface area contributed by atoms with Gasteiger partial charge in [0.15, 0.2) is 10.8 Å². The summed E-state index contributed by atoms with van der Waals surface area (Å²) in [5.41, 5.74) is 1.86. The quantitative estimate of drug-likeness (QED) is 0.363. The van der Waals surface area contributed by atoms with E-state index in [-0.39, 0.29) is 18.4 Å². The maximum Gasteiger partial charge on any atom is 0.263 e. The summed E-state index contributed by atoms with van der Waals surface area (Å²) in [4.78, 5) is 34.0. The topological polar surface area (TPSA) is 97.1 Å². The summed E-state index contributed by atoms with van der Waals surface area (Å²) < 4.78 is 6.97. The zero-order valence-electron chi connectivity index (χ0n) is 16.6. The van der Waals surface area contributed by atoms with Gasteiger partial charge >= 0.3 is 0 Å². The van der Waals surface area contributed by atoms with Crippen molar-refractivity contribution in [2.75, 3.05) is 5.32 Å². The lowest BCUT2D eigenvalue weighted by atomic mass is 10.2. The Morgan fingerprint density at radius 3 is 2.66 bits per heavy atom. The molecule has 9 heteroatoms. The summed E-state index contributed by atoms with van der Waals surface area (Å²) in [7, 11) is 0. The number of para-hydroxylation sites is 1. The zero-order valence-corrected chi connectivity index (χ0v) is 18.2. The smallest absolute Gasteiger partial charge is 0.263 e. The molecular formula is C23H16N4O3S2. The predicted molar refractivity (Wildman–Crippen MR) is 125 cm³/mol. The molecule has 0 atom stereocenters. The Balaban J connectivity index is 1.24. The van der Waals surface area contributed by atoms with Crippen LogP contribution in [0.2, 0.25) is 0 Å². The van der Waals surface area contributed by atoms with E-state index in [1.54, 1.807) is 47.3 Å². The van der Waals surface area contributed by atoms with Crippen LogP contribution < -0.4 is 10.6 Å². The first-order valence-corrected chi connectivity index (χ1v) is 11.4. The summed E-state index contributed by atoms with van der Waals surface area (Å²) in [6.45, 7) is 0.222. The molecule has 0 saturated heterocycles. The molecule has 0 bridgehead atoms. The molecule has 32 heavy (non-hydrogen) atoms. The standard InChI is InChI=1S/C23H16N4O3S2/c28-21(14-7-10-24-11-8-14)26-17-9-12-31-20(17)22(29)25-13-15-5-6-18(30-15)23-27-16-3-1-2-4-19(16)32-23/h1-12H,13H2,(H,25,29)(H,26,28). The number of fused-ring (bicyclic) bond motifs is 1. The monoisotopic (exact) mass is 460 g/mol. The molecular weight excluding hydrogens is 444 g/mol. The van der Waals surface area contributed by atoms with E-state index in [1.807, 2.05) is 36.4 Å². The molecule has 158 valence electrons. The average molecular weight is 461 g/mol. The highest BCUT2D eigenvalue weighted by molar-refractivity contribution is 7.21. The second-order valence-corrected chi connectivity index (χ2v) is 8.74. The van der Waals surface area contributed by atoms with Gasteiger partial charge in [0, 0.05) is 18.0 Å². The number of thiophene rings is 1. The molecule has 0 aliphatic rings. The predicted octanol–water partition coefficient (Wildman–Crippen LogP) is 5.20. The summed E-state index contributed by atoms with van der Waals surface area (Å²) in [5, 5.41) is 8.18. The third kappa shape index (κ3) is 4.16. The van der Waals surface area contributed by atoms with Crippen LogP contribution in [0.4, 0.5) is 5.69 Å². The van der Waals surface area contributed by atoms with E-state index in [1.165, 1.54) is 11.3 Å². The van der Waals surface area contributed by atoms with Crippen molar-refractivity contribution in [3.05, 3.63) is 88.6 Å².